The highest BCUT2D eigenvalue weighted by Gasteiger charge is 2.35. The van der Waals surface area contributed by atoms with Crippen LogP contribution in [0.15, 0.2) is 34.2 Å². The van der Waals surface area contributed by atoms with Gasteiger partial charge in [-0.3, -0.25) is 4.79 Å². The summed E-state index contributed by atoms with van der Waals surface area (Å²) in [6, 6.07) is 7.70. The van der Waals surface area contributed by atoms with Gasteiger partial charge in [-0.15, -0.1) is 4.40 Å². The highest BCUT2D eigenvalue weighted by molar-refractivity contribution is 8.00. The van der Waals surface area contributed by atoms with Crippen LogP contribution in [0.4, 0.5) is 0 Å². The van der Waals surface area contributed by atoms with E-state index in [9.17, 15) is 13.2 Å². The number of hydrogen-bond acceptors (Lipinski definition) is 5. The van der Waals surface area contributed by atoms with Crippen molar-refractivity contribution < 1.29 is 17.9 Å². The molecule has 2 saturated heterocycles. The molecule has 7 nitrogen and oxygen atoms in total. The highest BCUT2D eigenvalue weighted by Crippen LogP contribution is 2.35. The van der Waals surface area contributed by atoms with E-state index in [1.54, 1.807) is 0 Å². The van der Waals surface area contributed by atoms with Crippen molar-refractivity contribution >= 4 is 26.7 Å². The van der Waals surface area contributed by atoms with Gasteiger partial charge >= 0.3 is 0 Å². The number of benzene rings is 1. The number of likely N-dealkylation sites (tertiary alicyclic amines) is 1. The number of carbonyl (C=O) groups excluding carboxylic acids is 1. The summed E-state index contributed by atoms with van der Waals surface area (Å²) in [7, 11) is -3.74. The van der Waals surface area contributed by atoms with Gasteiger partial charge in [0.1, 0.15) is 10.7 Å². The molecular formula is C24H33N3O4S. The molecule has 1 aromatic carbocycles. The fraction of sp³-hybridized carbons (Fsp3) is 0.583. The van der Waals surface area contributed by atoms with Crippen LogP contribution < -0.4 is 5.32 Å². The summed E-state index contributed by atoms with van der Waals surface area (Å²) in [4.78, 5) is 14.8. The standard InChI is InChI=1S/C24H33N3O4S/c1-16(2)18-6-8-19(9-7-18)22-17(3)23(26-32(22,29)30)27-12-10-20(11-13-27)24(28)25-15-21-5-4-14-31-21/h6-9,16,20-21H,4-5,10-15H2,1-3H3,(H,25,28). The summed E-state index contributed by atoms with van der Waals surface area (Å²) in [5.41, 5.74) is 2.53. The Morgan fingerprint density at radius 3 is 2.47 bits per heavy atom. The van der Waals surface area contributed by atoms with Gasteiger partial charge in [0, 0.05) is 37.7 Å². The van der Waals surface area contributed by atoms with Gasteiger partial charge in [0.05, 0.1) is 6.10 Å². The third kappa shape index (κ3) is 4.76. The minimum absolute atomic E-state index is 0.0569. The monoisotopic (exact) mass is 459 g/mol. The van der Waals surface area contributed by atoms with Gasteiger partial charge in [-0.1, -0.05) is 38.1 Å². The molecule has 3 aliphatic rings. The van der Waals surface area contributed by atoms with E-state index in [0.717, 1.165) is 19.4 Å². The van der Waals surface area contributed by atoms with E-state index >= 15 is 0 Å². The summed E-state index contributed by atoms with van der Waals surface area (Å²) < 4.78 is 35.5. The predicted molar refractivity (Wildman–Crippen MR) is 126 cm³/mol. The smallest absolute Gasteiger partial charge is 0.285 e. The second-order valence-electron chi connectivity index (χ2n) is 9.26. The van der Waals surface area contributed by atoms with Gasteiger partial charge < -0.3 is 15.0 Å². The van der Waals surface area contributed by atoms with Crippen LogP contribution in [0.1, 0.15) is 63.5 Å². The Morgan fingerprint density at radius 2 is 1.88 bits per heavy atom. The number of piperidine rings is 1. The molecule has 0 radical (unpaired) electrons. The Morgan fingerprint density at radius 1 is 1.19 bits per heavy atom. The quantitative estimate of drug-likeness (QED) is 0.730. The molecule has 0 spiro atoms. The number of nitrogens with zero attached hydrogens (tertiary/aromatic N) is 2. The normalized spacial score (nSPS) is 23.7. The van der Waals surface area contributed by atoms with E-state index in [-0.39, 0.29) is 17.9 Å². The summed E-state index contributed by atoms with van der Waals surface area (Å²) in [5.74, 6) is 0.916. The maximum Gasteiger partial charge on any atom is 0.285 e. The van der Waals surface area contributed by atoms with E-state index in [4.69, 9.17) is 4.74 Å². The summed E-state index contributed by atoms with van der Waals surface area (Å²) >= 11 is 0. The molecule has 1 aromatic rings. The highest BCUT2D eigenvalue weighted by atomic mass is 32.2. The number of sulfonamides is 1. The zero-order valence-corrected chi connectivity index (χ0v) is 20.0. The van der Waals surface area contributed by atoms with E-state index in [2.05, 4.69) is 23.6 Å². The van der Waals surface area contributed by atoms with E-state index in [1.807, 2.05) is 36.1 Å². The Labute approximate surface area is 191 Å². The van der Waals surface area contributed by atoms with Crippen molar-refractivity contribution in [2.75, 3.05) is 26.2 Å². The fourth-order valence-corrected chi connectivity index (χ4v) is 6.20. The van der Waals surface area contributed by atoms with E-state index in [0.29, 0.717) is 60.3 Å². The average Bonchev–Trinajstić information content (AvgIpc) is 3.37. The molecule has 3 aliphatic heterocycles. The summed E-state index contributed by atoms with van der Waals surface area (Å²) in [5, 5.41) is 3.02. The lowest BCUT2D eigenvalue weighted by Gasteiger charge is -2.33. The number of carbonyl (C=O) groups is 1. The Bertz CT molecular complexity index is 1010. The van der Waals surface area contributed by atoms with Gasteiger partial charge in [0.25, 0.3) is 10.0 Å². The SMILES string of the molecule is CC1=C(c2ccc(C(C)C)cc2)S(=O)(=O)N=C1N1CCC(C(=O)NCC2CCCO2)CC1. The lowest BCUT2D eigenvalue weighted by molar-refractivity contribution is -0.126. The van der Waals surface area contributed by atoms with Crippen molar-refractivity contribution in [2.45, 2.75) is 58.5 Å². The molecule has 4 rings (SSSR count). The number of amidine groups is 1. The first-order chi connectivity index (χ1) is 15.3. The van der Waals surface area contributed by atoms with Crippen molar-refractivity contribution in [3.05, 3.63) is 41.0 Å². The van der Waals surface area contributed by atoms with E-state index in [1.165, 1.54) is 5.56 Å². The number of ether oxygens (including phenoxy) is 1. The maximum absolute atomic E-state index is 12.9. The molecule has 1 N–H and O–H groups in total. The molecule has 0 saturated carbocycles. The van der Waals surface area contributed by atoms with Crippen LogP contribution in [0.25, 0.3) is 4.91 Å². The molecule has 1 amide bonds. The number of rotatable bonds is 5. The van der Waals surface area contributed by atoms with Gasteiger partial charge in [0.15, 0.2) is 0 Å². The van der Waals surface area contributed by atoms with Gasteiger partial charge in [-0.2, -0.15) is 8.42 Å². The van der Waals surface area contributed by atoms with Gasteiger partial charge in [0.2, 0.25) is 5.91 Å². The zero-order valence-electron chi connectivity index (χ0n) is 19.1. The minimum atomic E-state index is -3.74. The lowest BCUT2D eigenvalue weighted by Crippen LogP contribution is -2.44. The van der Waals surface area contributed by atoms with Crippen LogP contribution in [0, 0.1) is 5.92 Å². The van der Waals surface area contributed by atoms with Crippen LogP contribution in [0.3, 0.4) is 0 Å². The van der Waals surface area contributed by atoms with Crippen molar-refractivity contribution in [1.82, 2.24) is 10.2 Å². The van der Waals surface area contributed by atoms with Gasteiger partial charge in [-0.05, 0) is 49.7 Å². The van der Waals surface area contributed by atoms with Crippen LogP contribution in [-0.4, -0.2) is 57.4 Å². The molecular weight excluding hydrogens is 426 g/mol. The lowest BCUT2D eigenvalue weighted by atomic mass is 9.95. The predicted octanol–water partition coefficient (Wildman–Crippen LogP) is 3.29. The number of amides is 1. The second-order valence-corrected chi connectivity index (χ2v) is 10.8. The molecule has 0 bridgehead atoms. The first-order valence-electron chi connectivity index (χ1n) is 11.6. The van der Waals surface area contributed by atoms with Crippen molar-refractivity contribution in [2.24, 2.45) is 10.3 Å². The molecule has 1 unspecified atom stereocenters. The third-order valence-electron chi connectivity index (χ3n) is 6.67. The zero-order chi connectivity index (χ0) is 22.9. The summed E-state index contributed by atoms with van der Waals surface area (Å²) in [6.45, 7) is 8.63. The van der Waals surface area contributed by atoms with Crippen molar-refractivity contribution in [3.63, 3.8) is 0 Å². The van der Waals surface area contributed by atoms with Crippen LogP contribution >= 0.6 is 0 Å². The Balaban J connectivity index is 1.41. The average molecular weight is 460 g/mol. The molecule has 0 aliphatic carbocycles. The molecule has 8 heteroatoms. The van der Waals surface area contributed by atoms with Crippen molar-refractivity contribution in [3.8, 4) is 0 Å². The first-order valence-corrected chi connectivity index (χ1v) is 13.0. The number of nitrogens with one attached hydrogen (secondary N) is 1. The van der Waals surface area contributed by atoms with Crippen LogP contribution in [0.5, 0.6) is 0 Å². The van der Waals surface area contributed by atoms with Crippen LogP contribution in [-0.2, 0) is 19.6 Å². The van der Waals surface area contributed by atoms with Crippen LogP contribution in [0.2, 0.25) is 0 Å². The molecule has 0 aromatic heterocycles. The molecule has 174 valence electrons. The largest absolute Gasteiger partial charge is 0.376 e. The number of hydrogen-bond donors (Lipinski definition) is 1. The fourth-order valence-electron chi connectivity index (χ4n) is 4.72. The minimum Gasteiger partial charge on any atom is -0.376 e. The van der Waals surface area contributed by atoms with Gasteiger partial charge in [-0.25, -0.2) is 0 Å². The third-order valence-corrected chi connectivity index (χ3v) is 8.14. The van der Waals surface area contributed by atoms with E-state index < -0.39 is 10.0 Å². The molecule has 3 heterocycles. The Hall–Kier alpha value is -2.19. The summed E-state index contributed by atoms with van der Waals surface area (Å²) in [6.07, 6.45) is 3.56. The Kier molecular flexibility index (Phi) is 6.72. The molecule has 32 heavy (non-hydrogen) atoms. The first kappa shape index (κ1) is 23.0. The van der Waals surface area contributed by atoms with Crippen molar-refractivity contribution in [1.29, 1.82) is 0 Å². The molecule has 1 atom stereocenters. The maximum atomic E-state index is 12.9. The molecule has 2 fully saturated rings. The topological polar surface area (TPSA) is 88.1 Å². The second kappa shape index (κ2) is 9.35.